The summed E-state index contributed by atoms with van der Waals surface area (Å²) >= 11 is 1.53. The van der Waals surface area contributed by atoms with Gasteiger partial charge in [-0.1, -0.05) is 34.1 Å². The Morgan fingerprint density at radius 1 is 1.09 bits per heavy atom. The molecule has 1 heterocycles. The Kier molecular flexibility index (Phi) is 13.4. The summed E-state index contributed by atoms with van der Waals surface area (Å²) in [7, 11) is 0. The number of thioether (sulfide) groups is 1. The number of carbonyl (C=O) groups is 4. The number of nitrogens with one attached hydrogen (secondary N) is 4. The molecule has 35 heavy (non-hydrogen) atoms. The second-order valence-corrected chi connectivity index (χ2v) is 10.1. The van der Waals surface area contributed by atoms with Crippen LogP contribution in [0, 0.1) is 11.8 Å². The van der Waals surface area contributed by atoms with Crippen LogP contribution >= 0.6 is 11.8 Å². The second kappa shape index (κ2) is 15.4. The van der Waals surface area contributed by atoms with Gasteiger partial charge in [0.2, 0.25) is 17.7 Å². The molecule has 1 aromatic heterocycles. The van der Waals surface area contributed by atoms with Crippen LogP contribution in [0.25, 0.3) is 0 Å². The number of amides is 3. The highest BCUT2D eigenvalue weighted by atomic mass is 32.2. The fraction of sp³-hybridized carbons (Fsp3) is 0.696. The zero-order valence-corrected chi connectivity index (χ0v) is 22.0. The van der Waals surface area contributed by atoms with Crippen molar-refractivity contribution in [3.05, 3.63) is 18.2 Å². The number of carboxylic acids is 1. The summed E-state index contributed by atoms with van der Waals surface area (Å²) in [6, 6.07) is -3.79. The molecule has 0 saturated heterocycles. The van der Waals surface area contributed by atoms with Crippen LogP contribution < -0.4 is 21.7 Å². The lowest BCUT2D eigenvalue weighted by Gasteiger charge is -2.28. The van der Waals surface area contributed by atoms with E-state index in [2.05, 4.69) is 25.9 Å². The predicted molar refractivity (Wildman–Crippen MR) is 136 cm³/mol. The maximum atomic E-state index is 13.2. The van der Waals surface area contributed by atoms with Crippen molar-refractivity contribution >= 4 is 35.5 Å². The van der Waals surface area contributed by atoms with Crippen LogP contribution in [-0.4, -0.2) is 74.9 Å². The van der Waals surface area contributed by atoms with Gasteiger partial charge in [0.25, 0.3) is 0 Å². The van der Waals surface area contributed by atoms with Gasteiger partial charge in [0.05, 0.1) is 12.4 Å². The molecule has 0 saturated carbocycles. The van der Waals surface area contributed by atoms with Crippen molar-refractivity contribution in [2.24, 2.45) is 17.6 Å². The minimum absolute atomic E-state index is 0.0163. The number of hydrogen-bond acceptors (Lipinski definition) is 7. The fourth-order valence-corrected chi connectivity index (χ4v) is 3.90. The van der Waals surface area contributed by atoms with Crippen molar-refractivity contribution in [1.29, 1.82) is 0 Å². The zero-order chi connectivity index (χ0) is 26.5. The molecule has 0 aromatic carbocycles. The maximum absolute atomic E-state index is 13.2. The van der Waals surface area contributed by atoms with Gasteiger partial charge in [-0.05, 0) is 36.7 Å². The van der Waals surface area contributed by atoms with Gasteiger partial charge < -0.3 is 31.8 Å². The molecular formula is C23H40N6O5S. The monoisotopic (exact) mass is 512 g/mol. The lowest BCUT2D eigenvalue weighted by molar-refractivity contribution is -0.142. The first-order chi connectivity index (χ1) is 16.5. The Balaban J connectivity index is 2.97. The number of rotatable bonds is 16. The predicted octanol–water partition coefficient (Wildman–Crippen LogP) is 0.664. The summed E-state index contributed by atoms with van der Waals surface area (Å²) < 4.78 is 0. The Morgan fingerprint density at radius 2 is 1.74 bits per heavy atom. The summed E-state index contributed by atoms with van der Waals surface area (Å²) in [6.45, 7) is 7.58. The molecule has 5 unspecified atom stereocenters. The molecule has 3 amide bonds. The molecule has 0 aliphatic carbocycles. The van der Waals surface area contributed by atoms with Crippen LogP contribution in [0.4, 0.5) is 0 Å². The minimum Gasteiger partial charge on any atom is -0.480 e. The third kappa shape index (κ3) is 10.7. The van der Waals surface area contributed by atoms with E-state index < -0.39 is 47.9 Å². The number of carboxylic acid groups (broad SMARTS) is 1. The lowest BCUT2D eigenvalue weighted by atomic mass is 9.97. The molecule has 11 nitrogen and oxygen atoms in total. The van der Waals surface area contributed by atoms with E-state index in [0.29, 0.717) is 30.7 Å². The summed E-state index contributed by atoms with van der Waals surface area (Å²) in [5.41, 5.74) is 6.53. The van der Waals surface area contributed by atoms with Crippen LogP contribution in [0.1, 0.15) is 52.7 Å². The van der Waals surface area contributed by atoms with Gasteiger partial charge in [0.1, 0.15) is 18.1 Å². The topological polar surface area (TPSA) is 179 Å². The van der Waals surface area contributed by atoms with Gasteiger partial charge in [0.15, 0.2) is 0 Å². The Morgan fingerprint density at radius 3 is 2.26 bits per heavy atom. The SMILES string of the molecule is CCC(C)C(NC(=O)C(CCSC)NC(=O)C(N)CC(C)C)C(=O)NC(Cc1cnc[nH]1)C(=O)O. The van der Waals surface area contributed by atoms with Crippen LogP contribution in [0.2, 0.25) is 0 Å². The average Bonchev–Trinajstić information content (AvgIpc) is 3.31. The van der Waals surface area contributed by atoms with E-state index in [4.69, 9.17) is 5.73 Å². The largest absolute Gasteiger partial charge is 0.480 e. The van der Waals surface area contributed by atoms with Gasteiger partial charge >= 0.3 is 5.97 Å². The first kappa shape index (κ1) is 30.4. The smallest absolute Gasteiger partial charge is 0.326 e. The van der Waals surface area contributed by atoms with Crippen LogP contribution in [0.5, 0.6) is 0 Å². The van der Waals surface area contributed by atoms with E-state index >= 15 is 0 Å². The molecule has 5 atom stereocenters. The van der Waals surface area contributed by atoms with E-state index in [-0.39, 0.29) is 18.3 Å². The third-order valence-electron chi connectivity index (χ3n) is 5.69. The summed E-state index contributed by atoms with van der Waals surface area (Å²) in [5, 5.41) is 17.6. The van der Waals surface area contributed by atoms with E-state index in [1.54, 1.807) is 6.92 Å². The summed E-state index contributed by atoms with van der Waals surface area (Å²) in [5.74, 6) is -2.18. The van der Waals surface area contributed by atoms with Gasteiger partial charge in [-0.15, -0.1) is 0 Å². The second-order valence-electron chi connectivity index (χ2n) is 9.13. The van der Waals surface area contributed by atoms with Crippen molar-refractivity contribution in [1.82, 2.24) is 25.9 Å². The minimum atomic E-state index is -1.20. The number of nitrogens with two attached hydrogens (primary N) is 1. The maximum Gasteiger partial charge on any atom is 0.326 e. The highest BCUT2D eigenvalue weighted by Crippen LogP contribution is 2.11. The van der Waals surface area contributed by atoms with E-state index in [9.17, 15) is 24.3 Å². The summed E-state index contributed by atoms with van der Waals surface area (Å²) in [6.07, 6.45) is 6.23. The van der Waals surface area contributed by atoms with Crippen molar-refractivity contribution in [2.75, 3.05) is 12.0 Å². The molecule has 1 rings (SSSR count). The Labute approximate surface area is 211 Å². The number of H-pyrrole nitrogens is 1. The zero-order valence-electron chi connectivity index (χ0n) is 21.2. The van der Waals surface area contributed by atoms with Gasteiger partial charge in [-0.3, -0.25) is 14.4 Å². The van der Waals surface area contributed by atoms with Crippen LogP contribution in [0.3, 0.4) is 0 Å². The number of aliphatic carboxylic acids is 1. The molecule has 0 aliphatic rings. The number of aromatic nitrogens is 2. The molecule has 0 fully saturated rings. The van der Waals surface area contributed by atoms with E-state index in [1.165, 1.54) is 24.3 Å². The van der Waals surface area contributed by atoms with Gasteiger partial charge in [-0.25, -0.2) is 9.78 Å². The normalized spacial score (nSPS) is 15.5. The lowest BCUT2D eigenvalue weighted by Crippen LogP contribution is -2.59. The fourth-order valence-electron chi connectivity index (χ4n) is 3.43. The van der Waals surface area contributed by atoms with Crippen molar-refractivity contribution in [3.63, 3.8) is 0 Å². The summed E-state index contributed by atoms with van der Waals surface area (Å²) in [4.78, 5) is 57.2. The number of aromatic amines is 1. The highest BCUT2D eigenvalue weighted by Gasteiger charge is 2.32. The molecule has 0 aliphatic heterocycles. The molecule has 198 valence electrons. The average molecular weight is 513 g/mol. The molecular weight excluding hydrogens is 472 g/mol. The number of imidazole rings is 1. The molecule has 1 aromatic rings. The van der Waals surface area contributed by atoms with Crippen LogP contribution in [-0.2, 0) is 25.6 Å². The Hall–Kier alpha value is -2.60. The van der Waals surface area contributed by atoms with Gasteiger partial charge in [-0.2, -0.15) is 11.8 Å². The van der Waals surface area contributed by atoms with Crippen molar-refractivity contribution in [3.8, 4) is 0 Å². The van der Waals surface area contributed by atoms with Crippen LogP contribution in [0.15, 0.2) is 12.5 Å². The van der Waals surface area contributed by atoms with E-state index in [0.717, 1.165) is 0 Å². The standard InChI is InChI=1S/C23H40N6O5S/c1-6-14(4)19(22(32)28-18(23(33)34)10-15-11-25-12-26-15)29-21(31)17(7-8-35-5)27-20(30)16(24)9-13(2)3/h11-14,16-19H,6-10,24H2,1-5H3,(H,25,26)(H,27,30)(H,28,32)(H,29,31)(H,33,34). The quantitative estimate of drug-likeness (QED) is 0.187. The number of nitrogens with zero attached hydrogens (tertiary/aromatic N) is 1. The van der Waals surface area contributed by atoms with E-state index in [1.807, 2.05) is 27.0 Å². The first-order valence-electron chi connectivity index (χ1n) is 11.9. The highest BCUT2D eigenvalue weighted by molar-refractivity contribution is 7.98. The van der Waals surface area contributed by atoms with Crippen molar-refractivity contribution < 1.29 is 24.3 Å². The number of hydrogen-bond donors (Lipinski definition) is 6. The Bertz CT molecular complexity index is 819. The molecule has 0 bridgehead atoms. The molecule has 12 heteroatoms. The molecule has 7 N–H and O–H groups in total. The third-order valence-corrected chi connectivity index (χ3v) is 6.34. The molecule has 0 spiro atoms. The first-order valence-corrected chi connectivity index (χ1v) is 13.2. The van der Waals surface area contributed by atoms with Gasteiger partial charge in [0, 0.05) is 18.3 Å². The number of carbonyl (C=O) groups excluding carboxylic acids is 3. The molecule has 0 radical (unpaired) electrons. The van der Waals surface area contributed by atoms with Crippen molar-refractivity contribution in [2.45, 2.75) is 77.5 Å².